The second-order valence-electron chi connectivity index (χ2n) is 5.02. The molecule has 7 heteroatoms. The van der Waals surface area contributed by atoms with Gasteiger partial charge < -0.3 is 19.8 Å². The Hall–Kier alpha value is -2.41. The van der Waals surface area contributed by atoms with Crippen molar-refractivity contribution in [1.29, 1.82) is 0 Å². The maximum Gasteiger partial charge on any atom is 0.318 e. The van der Waals surface area contributed by atoms with Crippen molar-refractivity contribution in [1.82, 2.24) is 20.4 Å². The number of urea groups is 1. The first-order valence-corrected chi connectivity index (χ1v) is 7.07. The molecule has 1 aromatic carbocycles. The molecule has 0 unspecified atom stereocenters. The van der Waals surface area contributed by atoms with Crippen LogP contribution in [0.15, 0.2) is 28.8 Å². The van der Waals surface area contributed by atoms with E-state index in [1.807, 2.05) is 31.2 Å². The van der Waals surface area contributed by atoms with Gasteiger partial charge >= 0.3 is 6.03 Å². The average Bonchev–Trinajstić information content (AvgIpc) is 2.92. The Labute approximate surface area is 128 Å². The molecule has 0 saturated heterocycles. The Morgan fingerprint density at radius 1 is 1.32 bits per heavy atom. The van der Waals surface area contributed by atoms with Crippen LogP contribution in [0.2, 0.25) is 0 Å². The van der Waals surface area contributed by atoms with E-state index in [1.54, 1.807) is 6.92 Å². The third-order valence-electron chi connectivity index (χ3n) is 3.11. The highest BCUT2D eigenvalue weighted by molar-refractivity contribution is 5.74. The number of aromatic nitrogens is 2. The molecule has 0 aliphatic heterocycles. The van der Waals surface area contributed by atoms with Crippen LogP contribution >= 0.6 is 0 Å². The van der Waals surface area contributed by atoms with Gasteiger partial charge in [-0.1, -0.05) is 35.0 Å². The van der Waals surface area contributed by atoms with Crippen LogP contribution < -0.4 is 5.32 Å². The normalized spacial score (nSPS) is 10.5. The Morgan fingerprint density at radius 3 is 2.64 bits per heavy atom. The number of carbonyl (C=O) groups is 1. The third-order valence-corrected chi connectivity index (χ3v) is 3.11. The molecule has 2 aromatic rings. The average molecular weight is 304 g/mol. The van der Waals surface area contributed by atoms with Crippen molar-refractivity contribution in [3.8, 4) is 0 Å². The Balaban J connectivity index is 1.94. The number of hydrogen-bond acceptors (Lipinski definition) is 5. The van der Waals surface area contributed by atoms with Gasteiger partial charge in [-0.05, 0) is 19.4 Å². The fourth-order valence-corrected chi connectivity index (χ4v) is 1.96. The molecule has 7 nitrogen and oxygen atoms in total. The zero-order valence-corrected chi connectivity index (χ0v) is 12.7. The van der Waals surface area contributed by atoms with Crippen LogP contribution in [0.1, 0.15) is 22.8 Å². The fraction of sp³-hybridized carbons (Fsp3) is 0.400. The lowest BCUT2D eigenvalue weighted by atomic mass is 10.1. The summed E-state index contributed by atoms with van der Waals surface area (Å²) >= 11 is 0. The zero-order valence-electron chi connectivity index (χ0n) is 12.7. The van der Waals surface area contributed by atoms with Gasteiger partial charge in [-0.15, -0.1) is 0 Å². The Bertz CT molecular complexity index is 610. The van der Waals surface area contributed by atoms with Gasteiger partial charge in [0.1, 0.15) is 0 Å². The van der Waals surface area contributed by atoms with Gasteiger partial charge in [-0.3, -0.25) is 0 Å². The van der Waals surface area contributed by atoms with Crippen LogP contribution in [0, 0.1) is 13.8 Å². The first-order valence-electron chi connectivity index (χ1n) is 7.07. The number of aliphatic hydroxyl groups excluding tert-OH is 1. The molecule has 2 amide bonds. The van der Waals surface area contributed by atoms with Crippen LogP contribution in [0.5, 0.6) is 0 Å². The van der Waals surface area contributed by atoms with Gasteiger partial charge in [0.2, 0.25) is 5.89 Å². The van der Waals surface area contributed by atoms with Gasteiger partial charge in [-0.25, -0.2) is 4.79 Å². The highest BCUT2D eigenvalue weighted by Gasteiger charge is 2.14. The monoisotopic (exact) mass is 304 g/mol. The Morgan fingerprint density at radius 2 is 2.05 bits per heavy atom. The minimum Gasteiger partial charge on any atom is -0.395 e. The van der Waals surface area contributed by atoms with E-state index in [9.17, 15) is 4.79 Å². The van der Waals surface area contributed by atoms with E-state index in [-0.39, 0.29) is 25.7 Å². The topological polar surface area (TPSA) is 91.5 Å². The van der Waals surface area contributed by atoms with E-state index in [0.29, 0.717) is 18.3 Å². The van der Waals surface area contributed by atoms with Gasteiger partial charge in [0, 0.05) is 13.1 Å². The summed E-state index contributed by atoms with van der Waals surface area (Å²) in [6.45, 7) is 4.46. The quantitative estimate of drug-likeness (QED) is 0.841. The lowest BCUT2D eigenvalue weighted by Crippen LogP contribution is -2.40. The van der Waals surface area contributed by atoms with Crippen molar-refractivity contribution in [2.75, 3.05) is 13.2 Å². The molecule has 0 aliphatic rings. The number of nitrogens with one attached hydrogen (secondary N) is 1. The molecular weight excluding hydrogens is 284 g/mol. The lowest BCUT2D eigenvalue weighted by Gasteiger charge is -2.22. The van der Waals surface area contributed by atoms with E-state index in [4.69, 9.17) is 9.63 Å². The standard InChI is InChI=1S/C15H20N4O3/c1-11-3-5-13(6-4-11)10-19(7-8-20)15(21)16-9-14-17-12(2)18-22-14/h3-6,20H,7-10H2,1-2H3,(H,16,21). The van der Waals surface area contributed by atoms with Crippen LogP contribution in [-0.4, -0.2) is 39.3 Å². The summed E-state index contributed by atoms with van der Waals surface area (Å²) in [6.07, 6.45) is 0. The summed E-state index contributed by atoms with van der Waals surface area (Å²) < 4.78 is 4.94. The summed E-state index contributed by atoms with van der Waals surface area (Å²) in [5, 5.41) is 15.5. The van der Waals surface area contributed by atoms with E-state index in [2.05, 4.69) is 15.5 Å². The molecule has 22 heavy (non-hydrogen) atoms. The van der Waals surface area contributed by atoms with Gasteiger partial charge in [0.25, 0.3) is 0 Å². The molecule has 2 N–H and O–H groups in total. The predicted molar refractivity (Wildman–Crippen MR) is 79.9 cm³/mol. The van der Waals surface area contributed by atoms with Crippen LogP contribution in [0.25, 0.3) is 0 Å². The summed E-state index contributed by atoms with van der Waals surface area (Å²) in [7, 11) is 0. The fourth-order valence-electron chi connectivity index (χ4n) is 1.96. The molecule has 0 saturated carbocycles. The number of aliphatic hydroxyl groups is 1. The molecule has 0 fully saturated rings. The van der Waals surface area contributed by atoms with E-state index >= 15 is 0 Å². The smallest absolute Gasteiger partial charge is 0.318 e. The van der Waals surface area contributed by atoms with Crippen molar-refractivity contribution in [2.24, 2.45) is 0 Å². The number of hydrogen-bond donors (Lipinski definition) is 2. The maximum absolute atomic E-state index is 12.2. The molecule has 0 radical (unpaired) electrons. The van der Waals surface area contributed by atoms with Gasteiger partial charge in [0.05, 0.1) is 13.2 Å². The number of aryl methyl sites for hydroxylation is 2. The molecule has 118 valence electrons. The zero-order chi connectivity index (χ0) is 15.9. The molecule has 1 heterocycles. The second kappa shape index (κ2) is 7.56. The largest absolute Gasteiger partial charge is 0.395 e. The SMILES string of the molecule is Cc1ccc(CN(CCO)C(=O)NCc2nc(C)no2)cc1. The van der Waals surface area contributed by atoms with E-state index < -0.39 is 0 Å². The Kier molecular flexibility index (Phi) is 5.48. The molecule has 1 aromatic heterocycles. The van der Waals surface area contributed by atoms with Crippen molar-refractivity contribution in [3.05, 3.63) is 47.1 Å². The summed E-state index contributed by atoms with van der Waals surface area (Å²) in [5.41, 5.74) is 2.16. The second-order valence-corrected chi connectivity index (χ2v) is 5.02. The summed E-state index contributed by atoms with van der Waals surface area (Å²) in [4.78, 5) is 17.8. The third kappa shape index (κ3) is 4.56. The predicted octanol–water partition coefficient (Wildman–Crippen LogP) is 1.39. The number of amides is 2. The molecule has 2 rings (SSSR count). The summed E-state index contributed by atoms with van der Waals surface area (Å²) in [6, 6.07) is 7.63. The number of benzene rings is 1. The minimum absolute atomic E-state index is 0.0983. The van der Waals surface area contributed by atoms with Crippen molar-refractivity contribution < 1.29 is 14.4 Å². The van der Waals surface area contributed by atoms with E-state index in [0.717, 1.165) is 11.1 Å². The van der Waals surface area contributed by atoms with Crippen molar-refractivity contribution in [2.45, 2.75) is 26.9 Å². The molecule has 0 aliphatic carbocycles. The van der Waals surface area contributed by atoms with E-state index in [1.165, 1.54) is 4.90 Å². The highest BCUT2D eigenvalue weighted by Crippen LogP contribution is 2.07. The minimum atomic E-state index is -0.287. The van der Waals surface area contributed by atoms with Crippen LogP contribution in [0.3, 0.4) is 0 Å². The number of rotatable bonds is 6. The molecule has 0 atom stereocenters. The first-order chi connectivity index (χ1) is 10.6. The molecule has 0 spiro atoms. The number of carbonyl (C=O) groups excluding carboxylic acids is 1. The van der Waals surface area contributed by atoms with Crippen LogP contribution in [-0.2, 0) is 13.1 Å². The lowest BCUT2D eigenvalue weighted by molar-refractivity contribution is 0.172. The highest BCUT2D eigenvalue weighted by atomic mass is 16.5. The molecule has 0 bridgehead atoms. The molecular formula is C15H20N4O3. The first kappa shape index (κ1) is 16.0. The van der Waals surface area contributed by atoms with Crippen LogP contribution in [0.4, 0.5) is 4.79 Å². The van der Waals surface area contributed by atoms with Crippen molar-refractivity contribution >= 4 is 6.03 Å². The number of nitrogens with zero attached hydrogens (tertiary/aromatic N) is 3. The van der Waals surface area contributed by atoms with Gasteiger partial charge in [0.15, 0.2) is 5.82 Å². The summed E-state index contributed by atoms with van der Waals surface area (Å²) in [5.74, 6) is 0.876. The van der Waals surface area contributed by atoms with Gasteiger partial charge in [-0.2, -0.15) is 4.98 Å². The maximum atomic E-state index is 12.2. The van der Waals surface area contributed by atoms with Crippen molar-refractivity contribution in [3.63, 3.8) is 0 Å².